The van der Waals surface area contributed by atoms with Gasteiger partial charge in [-0.3, -0.25) is 4.79 Å². The second-order valence-electron chi connectivity index (χ2n) is 12.7. The van der Waals surface area contributed by atoms with Crippen molar-refractivity contribution in [2.45, 2.75) is 142 Å². The van der Waals surface area contributed by atoms with Gasteiger partial charge in [-0.15, -0.1) is 0 Å². The number of hydrogen-bond acceptors (Lipinski definition) is 3. The van der Waals surface area contributed by atoms with Crippen molar-refractivity contribution in [3.05, 3.63) is 11.6 Å². The van der Waals surface area contributed by atoms with Gasteiger partial charge in [-0.1, -0.05) is 77.7 Å². The molecule has 3 saturated carbocycles. The molecule has 8 atom stereocenters. The predicted octanol–water partition coefficient (Wildman–Crippen LogP) is 8.00. The Hall–Kier alpha value is -0.830. The van der Waals surface area contributed by atoms with Crippen LogP contribution in [0.1, 0.15) is 130 Å². The maximum Gasteiger partial charge on any atom is 0.306 e. The first kappa shape index (κ1) is 26.2. The summed E-state index contributed by atoms with van der Waals surface area (Å²) in [6.07, 6.45) is 22.4. The zero-order chi connectivity index (χ0) is 24.1. The van der Waals surface area contributed by atoms with Crippen LogP contribution >= 0.6 is 0 Å². The zero-order valence-electron chi connectivity index (χ0n) is 22.4. The Morgan fingerprint density at radius 2 is 1.71 bits per heavy atom. The van der Waals surface area contributed by atoms with Crippen molar-refractivity contribution in [3.8, 4) is 0 Å². The first-order valence-electron chi connectivity index (χ1n) is 15.0. The molecule has 0 aromatic carbocycles. The number of fused-ring (bicyclic) bond motifs is 5. The summed E-state index contributed by atoms with van der Waals surface area (Å²) in [6.45, 7) is 7.08. The number of ether oxygens (including phenoxy) is 1. The van der Waals surface area contributed by atoms with Gasteiger partial charge in [0.2, 0.25) is 0 Å². The fourth-order valence-corrected chi connectivity index (χ4v) is 8.58. The first-order chi connectivity index (χ1) is 16.4. The third-order valence-electron chi connectivity index (χ3n) is 10.5. The minimum absolute atomic E-state index is 0.00299. The smallest absolute Gasteiger partial charge is 0.306 e. The molecule has 3 nitrogen and oxygen atoms in total. The molecule has 4 aliphatic rings. The summed E-state index contributed by atoms with van der Waals surface area (Å²) >= 11 is 0. The van der Waals surface area contributed by atoms with Gasteiger partial charge in [-0.25, -0.2) is 0 Å². The van der Waals surface area contributed by atoms with Crippen LogP contribution in [0.4, 0.5) is 0 Å². The summed E-state index contributed by atoms with van der Waals surface area (Å²) in [5.74, 6) is 3.62. The van der Waals surface area contributed by atoms with Crippen LogP contribution in [0.15, 0.2) is 11.6 Å². The van der Waals surface area contributed by atoms with E-state index in [1.807, 2.05) is 0 Å². The normalized spacial score (nSPS) is 39.1. The number of hydrogen-bond donors (Lipinski definition) is 1. The maximum atomic E-state index is 12.5. The molecule has 0 aromatic rings. The van der Waals surface area contributed by atoms with Gasteiger partial charge >= 0.3 is 5.97 Å². The molecule has 0 heterocycles. The molecule has 3 heteroatoms. The van der Waals surface area contributed by atoms with E-state index in [0.29, 0.717) is 24.2 Å². The fourth-order valence-electron chi connectivity index (χ4n) is 8.58. The molecular formula is C31H52O3. The first-order valence-corrected chi connectivity index (χ1v) is 15.0. The average molecular weight is 473 g/mol. The second-order valence-corrected chi connectivity index (χ2v) is 12.7. The summed E-state index contributed by atoms with van der Waals surface area (Å²) in [5.41, 5.74) is 1.74. The third-order valence-corrected chi connectivity index (χ3v) is 10.5. The summed E-state index contributed by atoms with van der Waals surface area (Å²) in [7, 11) is 0. The van der Waals surface area contributed by atoms with E-state index in [4.69, 9.17) is 4.74 Å². The van der Waals surface area contributed by atoms with E-state index in [0.717, 1.165) is 37.5 Å². The van der Waals surface area contributed by atoms with Crippen molar-refractivity contribution in [1.82, 2.24) is 0 Å². The maximum absolute atomic E-state index is 12.5. The van der Waals surface area contributed by atoms with Crippen molar-refractivity contribution in [2.75, 3.05) is 0 Å². The zero-order valence-corrected chi connectivity index (χ0v) is 22.4. The van der Waals surface area contributed by atoms with E-state index >= 15 is 0 Å². The summed E-state index contributed by atoms with van der Waals surface area (Å²) < 4.78 is 5.93. The monoisotopic (exact) mass is 472 g/mol. The van der Waals surface area contributed by atoms with Crippen molar-refractivity contribution >= 4 is 5.97 Å². The Morgan fingerprint density at radius 1 is 1.00 bits per heavy atom. The fraction of sp³-hybridized carbons (Fsp3) is 0.903. The lowest BCUT2D eigenvalue weighted by Crippen LogP contribution is -2.50. The van der Waals surface area contributed by atoms with Gasteiger partial charge < -0.3 is 9.84 Å². The van der Waals surface area contributed by atoms with Crippen LogP contribution in [0.3, 0.4) is 0 Å². The van der Waals surface area contributed by atoms with Crippen LogP contribution in [0.25, 0.3) is 0 Å². The molecule has 4 rings (SSSR count). The number of carbonyl (C=O) groups is 1. The van der Waals surface area contributed by atoms with Crippen LogP contribution in [0.2, 0.25) is 0 Å². The lowest BCUT2D eigenvalue weighted by molar-refractivity contribution is -0.148. The Labute approximate surface area is 209 Å². The Bertz CT molecular complexity index is 699. The van der Waals surface area contributed by atoms with Gasteiger partial charge in [0.25, 0.3) is 0 Å². The van der Waals surface area contributed by atoms with Gasteiger partial charge in [-0.05, 0) is 92.4 Å². The van der Waals surface area contributed by atoms with E-state index in [2.05, 4.69) is 26.8 Å². The summed E-state index contributed by atoms with van der Waals surface area (Å²) in [6, 6.07) is 0. The second kappa shape index (κ2) is 11.9. The van der Waals surface area contributed by atoms with E-state index < -0.39 is 0 Å². The number of rotatable bonds is 11. The SMILES string of the molecule is CCCCCCCCCCCC(=O)O[C@H]1C=C2C[C@@H](C)[C@@H]3[C@H](CC[C@]4(C)[C@@H](O)CC[C@@H]34)[C@H]2CC1. The van der Waals surface area contributed by atoms with Crippen LogP contribution in [-0.2, 0) is 9.53 Å². The molecule has 0 saturated heterocycles. The van der Waals surface area contributed by atoms with E-state index in [1.54, 1.807) is 5.57 Å². The quantitative estimate of drug-likeness (QED) is 0.188. The largest absolute Gasteiger partial charge is 0.458 e. The van der Waals surface area contributed by atoms with Crippen molar-refractivity contribution in [3.63, 3.8) is 0 Å². The predicted molar refractivity (Wildman–Crippen MR) is 139 cm³/mol. The minimum Gasteiger partial charge on any atom is -0.458 e. The molecule has 0 bridgehead atoms. The number of allylic oxidation sites excluding steroid dienone is 1. The van der Waals surface area contributed by atoms with Crippen molar-refractivity contribution in [2.24, 2.45) is 35.0 Å². The molecule has 0 amide bonds. The van der Waals surface area contributed by atoms with E-state index in [-0.39, 0.29) is 23.6 Å². The average Bonchev–Trinajstić information content (AvgIpc) is 3.12. The lowest BCUT2D eigenvalue weighted by atomic mass is 9.49. The van der Waals surface area contributed by atoms with Gasteiger partial charge in [-0.2, -0.15) is 0 Å². The van der Waals surface area contributed by atoms with Crippen LogP contribution in [0.5, 0.6) is 0 Å². The molecule has 0 aromatic heterocycles. The third kappa shape index (κ3) is 5.76. The van der Waals surface area contributed by atoms with Crippen molar-refractivity contribution in [1.29, 1.82) is 0 Å². The lowest BCUT2D eigenvalue weighted by Gasteiger charge is -2.56. The van der Waals surface area contributed by atoms with Gasteiger partial charge in [0.1, 0.15) is 6.10 Å². The molecule has 4 aliphatic carbocycles. The molecule has 0 spiro atoms. The highest BCUT2D eigenvalue weighted by molar-refractivity contribution is 5.69. The number of aliphatic hydroxyl groups excluding tert-OH is 1. The van der Waals surface area contributed by atoms with Crippen LogP contribution < -0.4 is 0 Å². The highest BCUT2D eigenvalue weighted by atomic mass is 16.5. The number of carbonyl (C=O) groups excluding carboxylic acids is 1. The van der Waals surface area contributed by atoms with Gasteiger partial charge in [0.15, 0.2) is 0 Å². The van der Waals surface area contributed by atoms with E-state index in [9.17, 15) is 9.90 Å². The molecule has 1 N–H and O–H groups in total. The molecule has 0 aliphatic heterocycles. The molecular weight excluding hydrogens is 420 g/mol. The van der Waals surface area contributed by atoms with Crippen LogP contribution in [-0.4, -0.2) is 23.3 Å². The van der Waals surface area contributed by atoms with Gasteiger partial charge in [0, 0.05) is 6.42 Å². The Morgan fingerprint density at radius 3 is 2.44 bits per heavy atom. The standard InChI is InChI=1S/C31H52O3/c1-4-5-6-7-8-9-10-11-12-13-29(33)34-24-14-15-25-23(21-24)20-22(2)30-26(25)18-19-31(3)27(30)16-17-28(31)32/h21-22,24-28,30,32H,4-20H2,1-3H3/t22-,24-,25+,26-,27+,28+,30-,31+/m1/s1. The van der Waals surface area contributed by atoms with E-state index in [1.165, 1.54) is 77.0 Å². The molecule has 0 unspecified atom stereocenters. The van der Waals surface area contributed by atoms with Crippen molar-refractivity contribution < 1.29 is 14.6 Å². The number of esters is 1. The summed E-state index contributed by atoms with van der Waals surface area (Å²) in [5, 5.41) is 10.7. The Kier molecular flexibility index (Phi) is 9.21. The minimum atomic E-state index is -0.0940. The molecule has 194 valence electrons. The molecule has 0 radical (unpaired) electrons. The topological polar surface area (TPSA) is 46.5 Å². The molecule has 34 heavy (non-hydrogen) atoms. The van der Waals surface area contributed by atoms with Crippen LogP contribution in [0, 0.1) is 35.0 Å². The summed E-state index contributed by atoms with van der Waals surface area (Å²) in [4.78, 5) is 12.5. The molecule has 3 fully saturated rings. The highest BCUT2D eigenvalue weighted by Gasteiger charge is 2.57. The van der Waals surface area contributed by atoms with Gasteiger partial charge in [0.05, 0.1) is 6.10 Å². The highest BCUT2D eigenvalue weighted by Crippen LogP contribution is 2.63. The number of aliphatic hydroxyl groups is 1. The number of unbranched alkanes of at least 4 members (excludes halogenated alkanes) is 8. The Balaban J connectivity index is 1.21.